The molecule has 1 atom stereocenters. The molecule has 2 aromatic rings. The fourth-order valence-electron chi connectivity index (χ4n) is 3.15. The van der Waals surface area contributed by atoms with Gasteiger partial charge < -0.3 is 10.1 Å². The number of amides is 1. The first-order valence-corrected chi connectivity index (χ1v) is 8.40. The molecule has 1 N–H and O–H groups in total. The molecule has 0 aromatic heterocycles. The van der Waals surface area contributed by atoms with Crippen LogP contribution in [0.15, 0.2) is 48.5 Å². The van der Waals surface area contributed by atoms with Crippen LogP contribution < -0.4 is 5.32 Å². The average Bonchev–Trinajstić information content (AvgIpc) is 2.60. The lowest BCUT2D eigenvalue weighted by Crippen LogP contribution is -2.43. The van der Waals surface area contributed by atoms with Gasteiger partial charge in [0.25, 0.3) is 0 Å². The summed E-state index contributed by atoms with van der Waals surface area (Å²) in [4.78, 5) is 15.2. The lowest BCUT2D eigenvalue weighted by atomic mass is 10.0. The molecule has 4 nitrogen and oxygen atoms in total. The molecule has 0 bridgehead atoms. The van der Waals surface area contributed by atoms with Gasteiger partial charge in [-0.2, -0.15) is 0 Å². The first-order chi connectivity index (χ1) is 11.6. The third kappa shape index (κ3) is 3.83. The normalized spacial score (nSPS) is 16.6. The van der Waals surface area contributed by atoms with Crippen molar-refractivity contribution < 1.29 is 9.53 Å². The highest BCUT2D eigenvalue weighted by atomic mass is 16.5. The summed E-state index contributed by atoms with van der Waals surface area (Å²) in [6.07, 6.45) is 0. The molecule has 0 spiro atoms. The maximum atomic E-state index is 13.1. The Morgan fingerprint density at radius 3 is 2.46 bits per heavy atom. The van der Waals surface area contributed by atoms with Crippen molar-refractivity contribution in [3.63, 3.8) is 0 Å². The van der Waals surface area contributed by atoms with Gasteiger partial charge in [-0.25, -0.2) is 0 Å². The van der Waals surface area contributed by atoms with E-state index in [-0.39, 0.29) is 11.9 Å². The number of nitrogens with zero attached hydrogens (tertiary/aromatic N) is 1. The van der Waals surface area contributed by atoms with Crippen LogP contribution in [0.3, 0.4) is 0 Å². The van der Waals surface area contributed by atoms with Gasteiger partial charge in [0.15, 0.2) is 0 Å². The zero-order valence-electron chi connectivity index (χ0n) is 14.3. The van der Waals surface area contributed by atoms with Gasteiger partial charge in [0.05, 0.1) is 13.2 Å². The summed E-state index contributed by atoms with van der Waals surface area (Å²) in [5, 5.41) is 3.11. The molecule has 126 valence electrons. The summed E-state index contributed by atoms with van der Waals surface area (Å²) >= 11 is 0. The second-order valence-electron chi connectivity index (χ2n) is 6.27. The van der Waals surface area contributed by atoms with E-state index in [9.17, 15) is 4.79 Å². The smallest absolute Gasteiger partial charge is 0.246 e. The molecule has 4 heteroatoms. The van der Waals surface area contributed by atoms with Crippen molar-refractivity contribution in [1.29, 1.82) is 0 Å². The summed E-state index contributed by atoms with van der Waals surface area (Å²) in [5.74, 6) is 0.00931. The van der Waals surface area contributed by atoms with E-state index in [4.69, 9.17) is 4.74 Å². The molecule has 3 rings (SSSR count). The van der Waals surface area contributed by atoms with Crippen molar-refractivity contribution >= 4 is 11.6 Å². The largest absolute Gasteiger partial charge is 0.379 e. The number of benzene rings is 2. The fraction of sp³-hybridized carbons (Fsp3) is 0.350. The summed E-state index contributed by atoms with van der Waals surface area (Å²) in [7, 11) is 0. The third-order valence-electron chi connectivity index (χ3n) is 4.41. The Morgan fingerprint density at radius 1 is 1.08 bits per heavy atom. The zero-order valence-corrected chi connectivity index (χ0v) is 14.3. The Morgan fingerprint density at radius 2 is 1.79 bits per heavy atom. The first kappa shape index (κ1) is 16.7. The van der Waals surface area contributed by atoms with Crippen LogP contribution in [-0.4, -0.2) is 37.1 Å². The van der Waals surface area contributed by atoms with E-state index in [0.717, 1.165) is 29.9 Å². The molecule has 1 amide bonds. The van der Waals surface area contributed by atoms with Crippen LogP contribution in [0.2, 0.25) is 0 Å². The zero-order chi connectivity index (χ0) is 16.9. The molecule has 1 heterocycles. The van der Waals surface area contributed by atoms with Gasteiger partial charge in [-0.05, 0) is 31.0 Å². The molecule has 24 heavy (non-hydrogen) atoms. The molecule has 0 aliphatic carbocycles. The predicted molar refractivity (Wildman–Crippen MR) is 96.1 cm³/mol. The van der Waals surface area contributed by atoms with Crippen molar-refractivity contribution in [2.45, 2.75) is 19.9 Å². The Balaban J connectivity index is 1.85. The summed E-state index contributed by atoms with van der Waals surface area (Å²) < 4.78 is 5.44. The Labute approximate surface area is 143 Å². The standard InChI is InChI=1S/C20H24N2O2/c1-15-8-9-18(16(2)14-15)21-20(23)19(17-6-4-3-5-7-17)22-10-12-24-13-11-22/h3-9,14,19H,10-13H2,1-2H3,(H,21,23)/t19-/m0/s1. The highest BCUT2D eigenvalue weighted by Gasteiger charge is 2.29. The van der Waals surface area contributed by atoms with Crippen molar-refractivity contribution in [3.05, 3.63) is 65.2 Å². The number of rotatable bonds is 4. The molecule has 1 saturated heterocycles. The Hall–Kier alpha value is -2.17. The SMILES string of the molecule is Cc1ccc(NC(=O)[C@H](c2ccccc2)N2CCOCC2)c(C)c1. The molecule has 1 aliphatic heterocycles. The maximum Gasteiger partial charge on any atom is 0.246 e. The van der Waals surface area contributed by atoms with E-state index in [2.05, 4.69) is 23.2 Å². The Kier molecular flexibility index (Phi) is 5.28. The monoisotopic (exact) mass is 324 g/mol. The molecule has 2 aromatic carbocycles. The first-order valence-electron chi connectivity index (χ1n) is 8.40. The predicted octanol–water partition coefficient (Wildman–Crippen LogP) is 3.32. The van der Waals surface area contributed by atoms with Gasteiger partial charge in [-0.15, -0.1) is 0 Å². The minimum Gasteiger partial charge on any atom is -0.379 e. The lowest BCUT2D eigenvalue weighted by molar-refractivity contribution is -0.123. The highest BCUT2D eigenvalue weighted by molar-refractivity contribution is 5.96. The summed E-state index contributed by atoms with van der Waals surface area (Å²) in [6, 6.07) is 15.8. The maximum absolute atomic E-state index is 13.1. The number of morpholine rings is 1. The van der Waals surface area contributed by atoms with Crippen molar-refractivity contribution in [2.24, 2.45) is 0 Å². The molecule has 0 saturated carbocycles. The minimum absolute atomic E-state index is 0.00931. The number of carbonyl (C=O) groups is 1. The van der Waals surface area contributed by atoms with Gasteiger partial charge in [0.2, 0.25) is 5.91 Å². The highest BCUT2D eigenvalue weighted by Crippen LogP contribution is 2.25. The molecule has 0 radical (unpaired) electrons. The summed E-state index contributed by atoms with van der Waals surface area (Å²) in [6.45, 7) is 6.94. The number of carbonyl (C=O) groups excluding carboxylic acids is 1. The van der Waals surface area contributed by atoms with Gasteiger partial charge >= 0.3 is 0 Å². The number of aryl methyl sites for hydroxylation is 2. The number of anilines is 1. The fourth-order valence-corrected chi connectivity index (χ4v) is 3.15. The van der Waals surface area contributed by atoms with Crippen molar-refractivity contribution in [2.75, 3.05) is 31.6 Å². The van der Waals surface area contributed by atoms with Crippen LogP contribution in [0.4, 0.5) is 5.69 Å². The minimum atomic E-state index is -0.296. The van der Waals surface area contributed by atoms with Crippen LogP contribution in [0, 0.1) is 13.8 Å². The molecule has 1 fully saturated rings. The van der Waals surface area contributed by atoms with E-state index >= 15 is 0 Å². The molecule has 0 unspecified atom stereocenters. The molecular formula is C20H24N2O2. The van der Waals surface area contributed by atoms with E-state index in [1.807, 2.05) is 49.4 Å². The van der Waals surface area contributed by atoms with Crippen LogP contribution >= 0.6 is 0 Å². The second-order valence-corrected chi connectivity index (χ2v) is 6.27. The van der Waals surface area contributed by atoms with E-state index in [1.165, 1.54) is 5.56 Å². The van der Waals surface area contributed by atoms with Crippen molar-refractivity contribution in [3.8, 4) is 0 Å². The Bertz CT molecular complexity index is 694. The van der Waals surface area contributed by atoms with Crippen LogP contribution in [0.1, 0.15) is 22.7 Å². The topological polar surface area (TPSA) is 41.6 Å². The second kappa shape index (κ2) is 7.60. The van der Waals surface area contributed by atoms with Gasteiger partial charge in [-0.3, -0.25) is 9.69 Å². The summed E-state index contributed by atoms with van der Waals surface area (Å²) in [5.41, 5.74) is 4.16. The van der Waals surface area contributed by atoms with Crippen molar-refractivity contribution in [1.82, 2.24) is 4.90 Å². The van der Waals surface area contributed by atoms with Gasteiger partial charge in [0.1, 0.15) is 6.04 Å². The molecule has 1 aliphatic rings. The van der Waals surface area contributed by atoms with Gasteiger partial charge in [0, 0.05) is 18.8 Å². The quantitative estimate of drug-likeness (QED) is 0.938. The van der Waals surface area contributed by atoms with Crippen LogP contribution in [0.25, 0.3) is 0 Å². The van der Waals surface area contributed by atoms with E-state index in [0.29, 0.717) is 13.2 Å². The molecular weight excluding hydrogens is 300 g/mol. The van der Waals surface area contributed by atoms with E-state index in [1.54, 1.807) is 0 Å². The number of hydrogen-bond acceptors (Lipinski definition) is 3. The number of ether oxygens (including phenoxy) is 1. The number of hydrogen-bond donors (Lipinski definition) is 1. The van der Waals surface area contributed by atoms with Crippen LogP contribution in [-0.2, 0) is 9.53 Å². The average molecular weight is 324 g/mol. The lowest BCUT2D eigenvalue weighted by Gasteiger charge is -2.34. The number of nitrogens with one attached hydrogen (secondary N) is 1. The van der Waals surface area contributed by atoms with E-state index < -0.39 is 0 Å². The van der Waals surface area contributed by atoms with Gasteiger partial charge in [-0.1, -0.05) is 48.0 Å². The van der Waals surface area contributed by atoms with Crippen LogP contribution in [0.5, 0.6) is 0 Å². The third-order valence-corrected chi connectivity index (χ3v) is 4.41.